The van der Waals surface area contributed by atoms with Crippen LogP contribution in [-0.4, -0.2) is 55.6 Å². The highest BCUT2D eigenvalue weighted by Crippen LogP contribution is 2.34. The molecule has 3 aliphatic rings. The van der Waals surface area contributed by atoms with Gasteiger partial charge in [0.1, 0.15) is 6.04 Å². The highest BCUT2D eigenvalue weighted by atomic mass is 16.2. The third-order valence-electron chi connectivity index (χ3n) is 7.84. The molecular weight excluding hydrogens is 460 g/mol. The zero-order chi connectivity index (χ0) is 25.6. The molecule has 0 spiro atoms. The monoisotopic (exact) mass is 492 g/mol. The van der Waals surface area contributed by atoms with E-state index in [1.54, 1.807) is 18.3 Å². The van der Waals surface area contributed by atoms with Crippen molar-refractivity contribution in [3.63, 3.8) is 0 Å². The summed E-state index contributed by atoms with van der Waals surface area (Å²) in [5.41, 5.74) is 2.20. The normalized spacial score (nSPS) is 26.2. The molecule has 1 aromatic heterocycles. The Morgan fingerprint density at radius 2 is 1.97 bits per heavy atom. The first-order valence-electron chi connectivity index (χ1n) is 12.7. The zero-order valence-electron chi connectivity index (χ0n) is 20.9. The Labute approximate surface area is 209 Å². The number of hydrogen-bond donors (Lipinski definition) is 2. The maximum absolute atomic E-state index is 13.0. The molecule has 2 fully saturated rings. The van der Waals surface area contributed by atoms with Crippen LogP contribution in [0.15, 0.2) is 24.4 Å². The molecule has 1 saturated heterocycles. The van der Waals surface area contributed by atoms with E-state index in [2.05, 4.69) is 41.7 Å². The number of nitrogens with zero attached hydrogens (tertiary/aromatic N) is 4. The van der Waals surface area contributed by atoms with E-state index in [0.717, 1.165) is 18.4 Å². The van der Waals surface area contributed by atoms with Gasteiger partial charge in [-0.1, -0.05) is 32.4 Å². The lowest BCUT2D eigenvalue weighted by Gasteiger charge is -2.37. The molecule has 1 unspecified atom stereocenters. The van der Waals surface area contributed by atoms with Gasteiger partial charge < -0.3 is 10.2 Å². The van der Waals surface area contributed by atoms with Crippen molar-refractivity contribution in [3.8, 4) is 5.69 Å². The number of carbonyl (C=O) groups excluding carboxylic acids is 4. The number of amides is 4. The number of imide groups is 1. The van der Waals surface area contributed by atoms with Crippen molar-refractivity contribution in [2.75, 3.05) is 0 Å². The van der Waals surface area contributed by atoms with Crippen molar-refractivity contribution in [2.45, 2.75) is 71.5 Å². The molecule has 36 heavy (non-hydrogen) atoms. The number of aromatic nitrogens is 3. The van der Waals surface area contributed by atoms with Crippen molar-refractivity contribution in [1.82, 2.24) is 30.5 Å². The standard InChI is InChI=1S/C26H32N6O4/c1-14(2)18-6-4-15(3)10-20(18)27-24(34)21-13-32(30-29-21)17-5-7-19-16(11-17)12-31(26(19)36)22-8-9-23(33)28-25(22)35/h5,7,11,13-15,18,20,22H,4,6,8-10,12H2,1-3H3,(H,27,34)(H,28,33,35)/t15-,18+,20-,22?/m1/s1. The number of hydrogen-bond acceptors (Lipinski definition) is 6. The van der Waals surface area contributed by atoms with E-state index in [4.69, 9.17) is 0 Å². The molecule has 4 amide bonds. The Balaban J connectivity index is 1.30. The van der Waals surface area contributed by atoms with Crippen molar-refractivity contribution in [1.29, 1.82) is 0 Å². The van der Waals surface area contributed by atoms with E-state index in [0.29, 0.717) is 35.4 Å². The molecule has 1 aromatic carbocycles. The fraction of sp³-hybridized carbons (Fsp3) is 0.538. The molecule has 0 radical (unpaired) electrons. The molecule has 5 rings (SSSR count). The van der Waals surface area contributed by atoms with E-state index in [1.165, 1.54) is 16.0 Å². The maximum atomic E-state index is 13.0. The number of carbonyl (C=O) groups is 4. The van der Waals surface area contributed by atoms with Crippen LogP contribution in [0.4, 0.5) is 0 Å². The zero-order valence-corrected chi connectivity index (χ0v) is 20.9. The number of benzene rings is 1. The lowest BCUT2D eigenvalue weighted by Crippen LogP contribution is -2.52. The van der Waals surface area contributed by atoms with Crippen LogP contribution in [0.2, 0.25) is 0 Å². The fourth-order valence-corrected chi connectivity index (χ4v) is 5.81. The summed E-state index contributed by atoms with van der Waals surface area (Å²) in [7, 11) is 0. The molecular formula is C26H32N6O4. The van der Waals surface area contributed by atoms with Gasteiger partial charge in [0.15, 0.2) is 5.69 Å². The topological polar surface area (TPSA) is 126 Å². The second-order valence-corrected chi connectivity index (χ2v) is 10.7. The third kappa shape index (κ3) is 4.52. The average Bonchev–Trinajstić information content (AvgIpc) is 3.44. The summed E-state index contributed by atoms with van der Waals surface area (Å²) >= 11 is 0. The highest BCUT2D eigenvalue weighted by molar-refractivity contribution is 6.05. The van der Waals surface area contributed by atoms with Crippen molar-refractivity contribution >= 4 is 23.6 Å². The first-order chi connectivity index (χ1) is 17.2. The van der Waals surface area contributed by atoms with E-state index < -0.39 is 11.9 Å². The molecule has 190 valence electrons. The Morgan fingerprint density at radius 1 is 1.17 bits per heavy atom. The van der Waals surface area contributed by atoms with Crippen LogP contribution in [-0.2, 0) is 16.1 Å². The maximum Gasteiger partial charge on any atom is 0.273 e. The largest absolute Gasteiger partial charge is 0.348 e. The average molecular weight is 493 g/mol. The fourth-order valence-electron chi connectivity index (χ4n) is 5.81. The Bertz CT molecular complexity index is 1220. The smallest absolute Gasteiger partial charge is 0.273 e. The van der Waals surface area contributed by atoms with Gasteiger partial charge in [-0.15, -0.1) is 5.10 Å². The van der Waals surface area contributed by atoms with Crippen LogP contribution in [0.1, 0.15) is 79.3 Å². The first kappa shape index (κ1) is 24.1. The summed E-state index contributed by atoms with van der Waals surface area (Å²) in [5, 5.41) is 13.8. The van der Waals surface area contributed by atoms with Crippen LogP contribution < -0.4 is 10.6 Å². The van der Waals surface area contributed by atoms with E-state index >= 15 is 0 Å². The lowest BCUT2D eigenvalue weighted by molar-refractivity contribution is -0.136. The van der Waals surface area contributed by atoms with Crippen LogP contribution in [0.5, 0.6) is 0 Å². The Morgan fingerprint density at radius 3 is 2.72 bits per heavy atom. The minimum Gasteiger partial charge on any atom is -0.348 e. The summed E-state index contributed by atoms with van der Waals surface area (Å²) < 4.78 is 1.53. The SMILES string of the molecule is CC(C)[C@@H]1CC[C@@H](C)C[C@H]1NC(=O)c1cn(-c2ccc3c(c2)CN(C2CCC(=O)NC2=O)C3=O)nn1. The van der Waals surface area contributed by atoms with Crippen molar-refractivity contribution < 1.29 is 19.2 Å². The van der Waals surface area contributed by atoms with Gasteiger partial charge in [0.2, 0.25) is 11.8 Å². The molecule has 2 aromatic rings. The third-order valence-corrected chi connectivity index (χ3v) is 7.84. The summed E-state index contributed by atoms with van der Waals surface area (Å²) in [4.78, 5) is 51.2. The molecule has 0 bridgehead atoms. The van der Waals surface area contributed by atoms with Crippen LogP contribution in [0, 0.1) is 17.8 Å². The number of rotatable bonds is 5. The van der Waals surface area contributed by atoms with Gasteiger partial charge in [0.05, 0.1) is 11.9 Å². The molecule has 1 aliphatic carbocycles. The van der Waals surface area contributed by atoms with Gasteiger partial charge in [0.25, 0.3) is 11.8 Å². The molecule has 3 heterocycles. The first-order valence-corrected chi connectivity index (χ1v) is 12.7. The summed E-state index contributed by atoms with van der Waals surface area (Å²) in [6, 6.07) is 4.74. The molecule has 4 atom stereocenters. The molecule has 2 N–H and O–H groups in total. The van der Waals surface area contributed by atoms with Crippen molar-refractivity contribution in [3.05, 3.63) is 41.2 Å². The molecule has 10 heteroatoms. The van der Waals surface area contributed by atoms with Gasteiger partial charge >= 0.3 is 0 Å². The van der Waals surface area contributed by atoms with Gasteiger partial charge in [-0.3, -0.25) is 24.5 Å². The van der Waals surface area contributed by atoms with E-state index in [9.17, 15) is 19.2 Å². The highest BCUT2D eigenvalue weighted by Gasteiger charge is 2.39. The second kappa shape index (κ2) is 9.48. The Hall–Kier alpha value is -3.56. The predicted molar refractivity (Wildman–Crippen MR) is 130 cm³/mol. The molecule has 10 nitrogen and oxygen atoms in total. The van der Waals surface area contributed by atoms with Crippen LogP contribution in [0.25, 0.3) is 5.69 Å². The minimum atomic E-state index is -0.662. The summed E-state index contributed by atoms with van der Waals surface area (Å²) in [6.07, 6.45) is 5.39. The Kier molecular flexibility index (Phi) is 6.36. The number of fused-ring (bicyclic) bond motifs is 1. The van der Waals surface area contributed by atoms with Gasteiger partial charge in [0, 0.05) is 24.6 Å². The van der Waals surface area contributed by atoms with Crippen LogP contribution in [0.3, 0.4) is 0 Å². The number of piperidine rings is 1. The minimum absolute atomic E-state index is 0.121. The van der Waals surface area contributed by atoms with Gasteiger partial charge in [-0.2, -0.15) is 0 Å². The lowest BCUT2D eigenvalue weighted by atomic mass is 9.74. The van der Waals surface area contributed by atoms with E-state index in [1.807, 2.05) is 6.07 Å². The predicted octanol–water partition coefficient (Wildman–Crippen LogP) is 2.22. The number of nitrogens with one attached hydrogen (secondary N) is 2. The van der Waals surface area contributed by atoms with Crippen molar-refractivity contribution in [2.24, 2.45) is 17.8 Å². The van der Waals surface area contributed by atoms with Crippen LogP contribution >= 0.6 is 0 Å². The quantitative estimate of drug-likeness (QED) is 0.617. The van der Waals surface area contributed by atoms with Gasteiger partial charge in [-0.25, -0.2) is 4.68 Å². The molecule has 1 saturated carbocycles. The summed E-state index contributed by atoms with van der Waals surface area (Å²) in [6.45, 7) is 6.91. The summed E-state index contributed by atoms with van der Waals surface area (Å²) in [5.74, 6) is 0.305. The second-order valence-electron chi connectivity index (χ2n) is 10.7. The van der Waals surface area contributed by atoms with E-state index in [-0.39, 0.29) is 42.4 Å². The van der Waals surface area contributed by atoms with Gasteiger partial charge in [-0.05, 0) is 60.8 Å². The molecule has 2 aliphatic heterocycles.